The predicted molar refractivity (Wildman–Crippen MR) is 98.5 cm³/mol. The number of benzene rings is 2. The van der Waals surface area contributed by atoms with E-state index in [0.717, 1.165) is 36.8 Å². The molecule has 1 fully saturated rings. The van der Waals surface area contributed by atoms with E-state index in [2.05, 4.69) is 0 Å². The highest BCUT2D eigenvalue weighted by Crippen LogP contribution is 2.48. The molecular weight excluding hydrogens is 334 g/mol. The summed E-state index contributed by atoms with van der Waals surface area (Å²) in [7, 11) is 0. The second kappa shape index (κ2) is 6.47. The fourth-order valence-electron chi connectivity index (χ4n) is 4.41. The Bertz CT molecular complexity index is 800. The van der Waals surface area contributed by atoms with Gasteiger partial charge in [0, 0.05) is 28.6 Å². The van der Waals surface area contributed by atoms with Crippen molar-refractivity contribution in [1.82, 2.24) is 4.90 Å². The third-order valence-corrected chi connectivity index (χ3v) is 6.07. The number of nitrogens with zero attached hydrogens (tertiary/aromatic N) is 1. The molecule has 1 N–H and O–H groups in total. The van der Waals surface area contributed by atoms with Gasteiger partial charge in [-0.3, -0.25) is 4.79 Å². The van der Waals surface area contributed by atoms with E-state index in [9.17, 15) is 9.90 Å². The summed E-state index contributed by atoms with van der Waals surface area (Å²) in [5, 5.41) is 12.4. The Morgan fingerprint density at radius 1 is 1.08 bits per heavy atom. The number of hydrogen-bond donors (Lipinski definition) is 1. The number of carbonyl (C=O) groups is 1. The van der Waals surface area contributed by atoms with Gasteiger partial charge < -0.3 is 10.0 Å². The summed E-state index contributed by atoms with van der Waals surface area (Å²) in [4.78, 5) is 14.7. The Labute approximate surface area is 153 Å². The monoisotopic (exact) mass is 355 g/mol. The minimum atomic E-state index is -1.19. The maximum absolute atomic E-state index is 13.0. The number of amides is 1. The van der Waals surface area contributed by atoms with E-state index in [0.29, 0.717) is 23.6 Å². The van der Waals surface area contributed by atoms with Gasteiger partial charge in [-0.25, -0.2) is 0 Å². The fourth-order valence-corrected chi connectivity index (χ4v) is 4.64. The van der Waals surface area contributed by atoms with E-state index < -0.39 is 5.72 Å². The van der Waals surface area contributed by atoms with E-state index in [4.69, 9.17) is 11.6 Å². The van der Waals surface area contributed by atoms with E-state index in [1.165, 1.54) is 0 Å². The van der Waals surface area contributed by atoms with Crippen molar-refractivity contribution in [1.29, 1.82) is 0 Å². The fraction of sp³-hybridized carbons (Fsp3) is 0.381. The Balaban J connectivity index is 1.68. The first-order chi connectivity index (χ1) is 12.1. The molecule has 4 rings (SSSR count). The number of rotatable bonds is 4. The number of fused-ring (bicyclic) bond motifs is 1. The van der Waals surface area contributed by atoms with Gasteiger partial charge in [0.15, 0.2) is 5.72 Å². The quantitative estimate of drug-likeness (QED) is 0.884. The first-order valence-corrected chi connectivity index (χ1v) is 9.37. The molecule has 1 aliphatic carbocycles. The molecule has 0 spiro atoms. The topological polar surface area (TPSA) is 40.5 Å². The first kappa shape index (κ1) is 16.6. The van der Waals surface area contributed by atoms with Gasteiger partial charge in [0.1, 0.15) is 0 Å². The van der Waals surface area contributed by atoms with Gasteiger partial charge >= 0.3 is 0 Å². The maximum atomic E-state index is 13.0. The number of hydrogen-bond acceptors (Lipinski definition) is 2. The summed E-state index contributed by atoms with van der Waals surface area (Å²) in [6.45, 7) is 0.463. The molecule has 25 heavy (non-hydrogen) atoms. The Kier molecular flexibility index (Phi) is 4.30. The molecule has 1 atom stereocenters. The lowest BCUT2D eigenvalue weighted by Crippen LogP contribution is -2.49. The molecule has 1 saturated carbocycles. The molecule has 0 radical (unpaired) electrons. The second-order valence-corrected chi connectivity index (χ2v) is 7.46. The van der Waals surface area contributed by atoms with E-state index >= 15 is 0 Å². The summed E-state index contributed by atoms with van der Waals surface area (Å²) in [5.41, 5.74) is 1.22. The van der Waals surface area contributed by atoms with Crippen LogP contribution in [0.1, 0.15) is 47.2 Å². The van der Waals surface area contributed by atoms with Crippen molar-refractivity contribution < 1.29 is 9.90 Å². The third kappa shape index (κ3) is 2.66. The average Bonchev–Trinajstić information content (AvgIpc) is 3.24. The highest BCUT2D eigenvalue weighted by molar-refractivity contribution is 6.31. The highest BCUT2D eigenvalue weighted by Gasteiger charge is 2.53. The van der Waals surface area contributed by atoms with Crippen LogP contribution in [0.3, 0.4) is 0 Å². The van der Waals surface area contributed by atoms with Crippen molar-refractivity contribution in [2.24, 2.45) is 5.92 Å². The Morgan fingerprint density at radius 2 is 1.76 bits per heavy atom. The number of carbonyl (C=O) groups excluding carboxylic acids is 1. The molecule has 0 bridgehead atoms. The predicted octanol–water partition coefficient (Wildman–Crippen LogP) is 4.37. The average molecular weight is 356 g/mol. The lowest BCUT2D eigenvalue weighted by Gasteiger charge is -2.39. The molecule has 1 aliphatic heterocycles. The van der Waals surface area contributed by atoms with Crippen LogP contribution < -0.4 is 0 Å². The van der Waals surface area contributed by atoms with Gasteiger partial charge in [0.25, 0.3) is 5.91 Å². The molecule has 4 heteroatoms. The molecular formula is C21H22ClNO2. The van der Waals surface area contributed by atoms with Crippen LogP contribution in [0, 0.1) is 5.92 Å². The van der Waals surface area contributed by atoms with E-state index in [-0.39, 0.29) is 11.8 Å². The van der Waals surface area contributed by atoms with E-state index in [1.807, 2.05) is 48.5 Å². The summed E-state index contributed by atoms with van der Waals surface area (Å²) in [6, 6.07) is 15.2. The van der Waals surface area contributed by atoms with Crippen LogP contribution in [0.5, 0.6) is 0 Å². The molecule has 130 valence electrons. The zero-order valence-corrected chi connectivity index (χ0v) is 14.9. The van der Waals surface area contributed by atoms with E-state index in [1.54, 1.807) is 4.90 Å². The van der Waals surface area contributed by atoms with Gasteiger partial charge in [0.05, 0.1) is 0 Å². The summed E-state index contributed by atoms with van der Waals surface area (Å²) in [6.07, 6.45) is 4.78. The van der Waals surface area contributed by atoms with Crippen LogP contribution >= 0.6 is 11.6 Å². The largest absolute Gasteiger partial charge is 0.366 e. The Morgan fingerprint density at radius 3 is 2.52 bits per heavy atom. The molecule has 1 amide bonds. The summed E-state index contributed by atoms with van der Waals surface area (Å²) < 4.78 is 0. The van der Waals surface area contributed by atoms with Crippen LogP contribution in [-0.4, -0.2) is 22.5 Å². The number of aliphatic hydroxyl groups is 1. The lowest BCUT2D eigenvalue weighted by atomic mass is 9.87. The van der Waals surface area contributed by atoms with Crippen molar-refractivity contribution in [2.45, 2.75) is 37.8 Å². The summed E-state index contributed by atoms with van der Waals surface area (Å²) in [5.74, 6) is 0.0309. The van der Waals surface area contributed by atoms with Crippen LogP contribution in [0.25, 0.3) is 0 Å². The minimum absolute atomic E-state index is 0.0722. The highest BCUT2D eigenvalue weighted by atomic mass is 35.5. The zero-order valence-electron chi connectivity index (χ0n) is 14.1. The molecule has 0 saturated heterocycles. The summed E-state index contributed by atoms with van der Waals surface area (Å²) >= 11 is 6.27. The Hall–Kier alpha value is -1.84. The molecule has 1 unspecified atom stereocenters. The van der Waals surface area contributed by atoms with Crippen LogP contribution in [0.15, 0.2) is 48.5 Å². The van der Waals surface area contributed by atoms with Crippen LogP contribution in [-0.2, 0) is 12.1 Å². The third-order valence-electron chi connectivity index (χ3n) is 5.70. The van der Waals surface area contributed by atoms with Crippen molar-refractivity contribution in [2.75, 3.05) is 6.54 Å². The van der Waals surface area contributed by atoms with Crippen molar-refractivity contribution >= 4 is 17.5 Å². The maximum Gasteiger partial charge on any atom is 0.256 e. The molecule has 1 heterocycles. The molecule has 2 aromatic carbocycles. The molecule has 2 aliphatic rings. The van der Waals surface area contributed by atoms with Gasteiger partial charge in [-0.05, 0) is 37.0 Å². The van der Waals surface area contributed by atoms with Gasteiger partial charge in [-0.15, -0.1) is 0 Å². The van der Waals surface area contributed by atoms with Crippen molar-refractivity contribution in [3.05, 3.63) is 70.2 Å². The van der Waals surface area contributed by atoms with Gasteiger partial charge in [-0.1, -0.05) is 60.8 Å². The smallest absolute Gasteiger partial charge is 0.256 e. The molecule has 2 aromatic rings. The zero-order chi connectivity index (χ0) is 17.4. The minimum Gasteiger partial charge on any atom is -0.366 e. The van der Waals surface area contributed by atoms with Gasteiger partial charge in [0.2, 0.25) is 0 Å². The molecule has 0 aromatic heterocycles. The number of halogens is 1. The lowest BCUT2D eigenvalue weighted by molar-refractivity contribution is -0.126. The van der Waals surface area contributed by atoms with Crippen LogP contribution in [0.2, 0.25) is 5.02 Å². The van der Waals surface area contributed by atoms with Crippen molar-refractivity contribution in [3.63, 3.8) is 0 Å². The second-order valence-electron chi connectivity index (χ2n) is 7.05. The SMILES string of the molecule is O=C1c2ccccc2C(O)(C2CCCC2)N1CCc1ccccc1Cl. The van der Waals surface area contributed by atoms with Crippen molar-refractivity contribution in [3.8, 4) is 0 Å². The standard InChI is InChI=1S/C21H22ClNO2/c22-19-12-6-1-7-15(19)13-14-23-20(24)17-10-4-5-11-18(17)21(23,25)16-8-2-3-9-16/h1,4-7,10-12,16,25H,2-3,8-9,13-14H2. The normalized spacial score (nSPS) is 23.3. The van der Waals surface area contributed by atoms with Crippen LogP contribution in [0.4, 0.5) is 0 Å². The van der Waals surface area contributed by atoms with Gasteiger partial charge in [-0.2, -0.15) is 0 Å². The first-order valence-electron chi connectivity index (χ1n) is 8.99. The molecule has 3 nitrogen and oxygen atoms in total.